The first-order valence-electron chi connectivity index (χ1n) is 8.12. The Hall–Kier alpha value is -2.78. The molecule has 0 saturated heterocycles. The molecule has 0 aliphatic heterocycles. The van der Waals surface area contributed by atoms with Crippen LogP contribution in [-0.2, 0) is 9.59 Å². The molecule has 0 saturated carbocycles. The molecule has 28 heavy (non-hydrogen) atoms. The minimum atomic E-state index is -0.399. The first-order chi connectivity index (χ1) is 13.4. The summed E-state index contributed by atoms with van der Waals surface area (Å²) in [6.07, 6.45) is 0. The Morgan fingerprint density at radius 2 is 1.93 bits per heavy atom. The van der Waals surface area contributed by atoms with Crippen LogP contribution < -0.4 is 15.4 Å². The predicted molar refractivity (Wildman–Crippen MR) is 110 cm³/mol. The van der Waals surface area contributed by atoms with Gasteiger partial charge in [-0.3, -0.25) is 14.9 Å². The van der Waals surface area contributed by atoms with E-state index in [2.05, 4.69) is 31.5 Å². The second-order valence-corrected chi connectivity index (χ2v) is 7.42. The quantitative estimate of drug-likeness (QED) is 0.555. The van der Waals surface area contributed by atoms with Crippen LogP contribution in [0.1, 0.15) is 6.92 Å². The lowest BCUT2D eigenvalue weighted by Crippen LogP contribution is -2.20. The van der Waals surface area contributed by atoms with Crippen molar-refractivity contribution in [2.75, 3.05) is 17.2 Å². The van der Waals surface area contributed by atoms with E-state index < -0.39 is 5.82 Å². The summed E-state index contributed by atoms with van der Waals surface area (Å²) in [4.78, 5) is 27.5. The maximum atomic E-state index is 13.1. The number of nitrogens with zero attached hydrogens (tertiary/aromatic N) is 1. The number of carbonyl (C=O) groups is 2. The van der Waals surface area contributed by atoms with Crippen molar-refractivity contribution in [3.8, 4) is 17.0 Å². The highest BCUT2D eigenvalue weighted by molar-refractivity contribution is 9.10. The number of benzene rings is 2. The zero-order chi connectivity index (χ0) is 20.1. The Bertz CT molecular complexity index is 1010. The summed E-state index contributed by atoms with van der Waals surface area (Å²) < 4.78 is 18.9. The van der Waals surface area contributed by atoms with E-state index >= 15 is 0 Å². The van der Waals surface area contributed by atoms with Gasteiger partial charge in [-0.1, -0.05) is 12.1 Å². The van der Waals surface area contributed by atoms with E-state index in [-0.39, 0.29) is 18.4 Å². The molecule has 0 bridgehead atoms. The molecule has 0 aliphatic carbocycles. The van der Waals surface area contributed by atoms with Crippen molar-refractivity contribution in [1.82, 2.24) is 4.98 Å². The molecule has 3 rings (SSSR count). The topological polar surface area (TPSA) is 80.3 Å². The smallest absolute Gasteiger partial charge is 0.264 e. The van der Waals surface area contributed by atoms with Crippen molar-refractivity contribution >= 4 is 49.9 Å². The number of amides is 2. The van der Waals surface area contributed by atoms with E-state index in [1.54, 1.807) is 12.1 Å². The highest BCUT2D eigenvalue weighted by Gasteiger charge is 2.10. The van der Waals surface area contributed by atoms with Crippen LogP contribution in [0.15, 0.2) is 52.3 Å². The van der Waals surface area contributed by atoms with Crippen LogP contribution in [0, 0.1) is 5.82 Å². The van der Waals surface area contributed by atoms with Gasteiger partial charge in [-0.2, -0.15) is 0 Å². The van der Waals surface area contributed by atoms with Crippen LogP contribution in [0.2, 0.25) is 0 Å². The molecule has 2 amide bonds. The van der Waals surface area contributed by atoms with Crippen LogP contribution >= 0.6 is 27.3 Å². The monoisotopic (exact) mass is 463 g/mol. The fourth-order valence-corrected chi connectivity index (χ4v) is 3.48. The largest absolute Gasteiger partial charge is 0.483 e. The van der Waals surface area contributed by atoms with Crippen molar-refractivity contribution in [2.24, 2.45) is 0 Å². The number of carbonyl (C=O) groups excluding carboxylic acids is 2. The molecule has 6 nitrogen and oxygen atoms in total. The van der Waals surface area contributed by atoms with Crippen molar-refractivity contribution in [1.29, 1.82) is 0 Å². The molecule has 0 fully saturated rings. The second kappa shape index (κ2) is 8.94. The van der Waals surface area contributed by atoms with E-state index in [1.165, 1.54) is 36.5 Å². The maximum Gasteiger partial charge on any atom is 0.264 e. The minimum Gasteiger partial charge on any atom is -0.483 e. The third-order valence-corrected chi connectivity index (χ3v) is 4.88. The van der Waals surface area contributed by atoms with Crippen LogP contribution in [0.4, 0.5) is 15.2 Å². The number of anilines is 2. The van der Waals surface area contributed by atoms with Crippen LogP contribution in [0.25, 0.3) is 11.3 Å². The highest BCUT2D eigenvalue weighted by Crippen LogP contribution is 2.27. The minimum absolute atomic E-state index is 0.138. The number of thiazole rings is 1. The molecule has 0 unspecified atom stereocenters. The number of halogens is 2. The van der Waals surface area contributed by atoms with Gasteiger partial charge in [0.15, 0.2) is 11.7 Å². The molecule has 1 aromatic heterocycles. The first kappa shape index (κ1) is 20.0. The third-order valence-electron chi connectivity index (χ3n) is 3.50. The number of hydrogen-bond donors (Lipinski definition) is 2. The predicted octanol–water partition coefficient (Wildman–Crippen LogP) is 4.69. The average Bonchev–Trinajstić information content (AvgIpc) is 3.09. The molecule has 0 spiro atoms. The van der Waals surface area contributed by atoms with Gasteiger partial charge in [0.25, 0.3) is 5.91 Å². The summed E-state index contributed by atoms with van der Waals surface area (Å²) in [6.45, 7) is 1.21. The standard InChI is InChI=1S/C19H15BrFN3O3S/c1-11(25)22-14-5-2-12(3-6-14)16-10-28-19(23-16)24-18(26)9-27-17-7-4-13(21)8-15(17)20/h2-8,10H,9H2,1H3,(H,22,25)(H,23,24,26). The highest BCUT2D eigenvalue weighted by atomic mass is 79.9. The number of ether oxygens (including phenoxy) is 1. The Morgan fingerprint density at radius 1 is 1.18 bits per heavy atom. The lowest BCUT2D eigenvalue weighted by Gasteiger charge is -2.07. The van der Waals surface area contributed by atoms with Crippen molar-refractivity contribution in [2.45, 2.75) is 6.92 Å². The van der Waals surface area contributed by atoms with Gasteiger partial charge in [-0.05, 0) is 46.3 Å². The van der Waals surface area contributed by atoms with Crippen LogP contribution in [-0.4, -0.2) is 23.4 Å². The molecule has 0 aliphatic rings. The van der Waals surface area contributed by atoms with Gasteiger partial charge in [0.05, 0.1) is 10.2 Å². The summed E-state index contributed by atoms with van der Waals surface area (Å²) in [5.41, 5.74) is 2.26. The molecule has 144 valence electrons. The summed E-state index contributed by atoms with van der Waals surface area (Å²) in [5, 5.41) is 7.62. The summed E-state index contributed by atoms with van der Waals surface area (Å²) in [6, 6.07) is 11.2. The Morgan fingerprint density at radius 3 is 2.61 bits per heavy atom. The molecule has 2 aromatic carbocycles. The van der Waals surface area contributed by atoms with Gasteiger partial charge in [0, 0.05) is 23.6 Å². The van der Waals surface area contributed by atoms with Crippen LogP contribution in [0.3, 0.4) is 0 Å². The SMILES string of the molecule is CC(=O)Nc1ccc(-c2csc(NC(=O)COc3ccc(F)cc3Br)n2)cc1. The van der Waals surface area contributed by atoms with Gasteiger partial charge in [-0.15, -0.1) is 11.3 Å². The molecular weight excluding hydrogens is 449 g/mol. The molecule has 0 atom stereocenters. The van der Waals surface area contributed by atoms with E-state index in [1.807, 2.05) is 17.5 Å². The molecule has 9 heteroatoms. The second-order valence-electron chi connectivity index (χ2n) is 5.71. The Balaban J connectivity index is 1.57. The lowest BCUT2D eigenvalue weighted by atomic mass is 10.1. The number of aromatic nitrogens is 1. The van der Waals surface area contributed by atoms with E-state index in [4.69, 9.17) is 4.74 Å². The van der Waals surface area contributed by atoms with Gasteiger partial charge in [-0.25, -0.2) is 9.37 Å². The van der Waals surface area contributed by atoms with Crippen molar-refractivity contribution < 1.29 is 18.7 Å². The average molecular weight is 464 g/mol. The Labute approximate surface area is 172 Å². The lowest BCUT2D eigenvalue weighted by molar-refractivity contribution is -0.118. The van der Waals surface area contributed by atoms with Crippen molar-refractivity contribution in [3.05, 3.63) is 58.1 Å². The fourth-order valence-electron chi connectivity index (χ4n) is 2.28. The number of hydrogen-bond acceptors (Lipinski definition) is 5. The van der Waals surface area contributed by atoms with Gasteiger partial charge in [0.2, 0.25) is 5.91 Å². The first-order valence-corrected chi connectivity index (χ1v) is 9.79. The van der Waals surface area contributed by atoms with Gasteiger partial charge in [0.1, 0.15) is 11.6 Å². The number of nitrogens with one attached hydrogen (secondary N) is 2. The Kier molecular flexibility index (Phi) is 6.37. The zero-order valence-corrected chi connectivity index (χ0v) is 17.1. The summed E-state index contributed by atoms with van der Waals surface area (Å²) >= 11 is 4.47. The molecular formula is C19H15BrFN3O3S. The van der Waals surface area contributed by atoms with Gasteiger partial charge >= 0.3 is 0 Å². The summed E-state index contributed by atoms with van der Waals surface area (Å²) in [7, 11) is 0. The molecule has 3 aromatic rings. The fraction of sp³-hybridized carbons (Fsp3) is 0.105. The van der Waals surface area contributed by atoms with Gasteiger partial charge < -0.3 is 10.1 Å². The molecule has 2 N–H and O–H groups in total. The van der Waals surface area contributed by atoms with Crippen LogP contribution in [0.5, 0.6) is 5.75 Å². The molecule has 0 radical (unpaired) electrons. The number of rotatable bonds is 6. The summed E-state index contributed by atoms with van der Waals surface area (Å²) in [5.74, 6) is -0.542. The van der Waals surface area contributed by atoms with E-state index in [0.29, 0.717) is 26.7 Å². The maximum absolute atomic E-state index is 13.1. The van der Waals surface area contributed by atoms with Crippen molar-refractivity contribution in [3.63, 3.8) is 0 Å². The normalized spacial score (nSPS) is 10.4. The van der Waals surface area contributed by atoms with E-state index in [0.717, 1.165) is 5.56 Å². The van der Waals surface area contributed by atoms with E-state index in [9.17, 15) is 14.0 Å². The molecule has 1 heterocycles. The third kappa shape index (κ3) is 5.37. The zero-order valence-electron chi connectivity index (χ0n) is 14.7.